The lowest BCUT2D eigenvalue weighted by molar-refractivity contribution is 0.0693. The van der Waals surface area contributed by atoms with Gasteiger partial charge in [0.2, 0.25) is 0 Å². The van der Waals surface area contributed by atoms with Gasteiger partial charge in [0.05, 0.1) is 0 Å². The van der Waals surface area contributed by atoms with E-state index in [1.54, 1.807) is 12.4 Å². The molecule has 0 radical (unpaired) electrons. The van der Waals surface area contributed by atoms with E-state index in [-0.39, 0.29) is 17.1 Å². The molecule has 0 bridgehead atoms. The van der Waals surface area contributed by atoms with Gasteiger partial charge >= 0.3 is 5.97 Å². The Bertz CT molecular complexity index is 675. The molecule has 0 saturated heterocycles. The highest BCUT2D eigenvalue weighted by atomic mass is 16.4. The molecular formula is C17H21N3O4. The number of carboxylic acid groups (broad SMARTS) is 1. The molecule has 1 atom stereocenters. The number of nitrogens with zero attached hydrogens (tertiary/aromatic N) is 2. The minimum atomic E-state index is -1.27. The summed E-state index contributed by atoms with van der Waals surface area (Å²) in [7, 11) is 1.96. The van der Waals surface area contributed by atoms with Gasteiger partial charge in [0.15, 0.2) is 0 Å². The molecule has 1 aromatic heterocycles. The first kappa shape index (κ1) is 19.1. The molecule has 2 aromatic rings. The van der Waals surface area contributed by atoms with E-state index in [4.69, 9.17) is 15.3 Å². The Morgan fingerprint density at radius 3 is 2.50 bits per heavy atom. The minimum Gasteiger partial charge on any atom is -0.508 e. The Labute approximate surface area is 140 Å². The topological polar surface area (TPSA) is 116 Å². The van der Waals surface area contributed by atoms with Crippen LogP contribution >= 0.6 is 0 Å². The third-order valence-corrected chi connectivity index (χ3v) is 3.08. The molecular weight excluding hydrogens is 310 g/mol. The summed E-state index contributed by atoms with van der Waals surface area (Å²) < 4.78 is 0. The summed E-state index contributed by atoms with van der Waals surface area (Å²) in [6, 6.07) is 3.83. The standard InChI is InChI=1S/C10H15N3.C7H6O4/c1-9(11-2)4-3-5-10-6-12-8-13-7-10;8-4-1-2-6(9)5(3-4)7(10)11/h3,5-9,11H,4H2,1-2H3;1-3,8-9H,(H,10,11). The quantitative estimate of drug-likeness (QED) is 0.621. The van der Waals surface area contributed by atoms with Gasteiger partial charge in [-0.2, -0.15) is 0 Å². The predicted molar refractivity (Wildman–Crippen MR) is 90.9 cm³/mol. The number of benzene rings is 1. The molecule has 128 valence electrons. The van der Waals surface area contributed by atoms with E-state index in [1.165, 1.54) is 12.4 Å². The third kappa shape index (κ3) is 6.89. The van der Waals surface area contributed by atoms with Crippen molar-refractivity contribution < 1.29 is 20.1 Å². The average Bonchev–Trinajstić information content (AvgIpc) is 2.58. The summed E-state index contributed by atoms with van der Waals surface area (Å²) in [5.74, 6) is -1.80. The van der Waals surface area contributed by atoms with Gasteiger partial charge in [-0.1, -0.05) is 12.2 Å². The van der Waals surface area contributed by atoms with Crippen molar-refractivity contribution in [1.29, 1.82) is 0 Å². The monoisotopic (exact) mass is 331 g/mol. The van der Waals surface area contributed by atoms with Crippen molar-refractivity contribution in [2.45, 2.75) is 19.4 Å². The Balaban J connectivity index is 0.000000243. The average molecular weight is 331 g/mol. The predicted octanol–water partition coefficient (Wildman–Crippen LogP) is 2.28. The van der Waals surface area contributed by atoms with Gasteiger partial charge in [-0.3, -0.25) is 0 Å². The number of hydrogen-bond acceptors (Lipinski definition) is 6. The van der Waals surface area contributed by atoms with Crippen LogP contribution in [0.1, 0.15) is 29.3 Å². The number of aromatic carboxylic acids is 1. The smallest absolute Gasteiger partial charge is 0.339 e. The van der Waals surface area contributed by atoms with Crippen molar-refractivity contribution in [3.05, 3.63) is 54.1 Å². The summed E-state index contributed by atoms with van der Waals surface area (Å²) in [6.45, 7) is 2.14. The molecule has 1 aromatic carbocycles. The lowest BCUT2D eigenvalue weighted by Crippen LogP contribution is -2.19. The third-order valence-electron chi connectivity index (χ3n) is 3.08. The van der Waals surface area contributed by atoms with Crippen LogP contribution in [0.4, 0.5) is 0 Å². The zero-order valence-corrected chi connectivity index (χ0v) is 13.5. The summed E-state index contributed by atoms with van der Waals surface area (Å²) >= 11 is 0. The van der Waals surface area contributed by atoms with Gasteiger partial charge in [0.1, 0.15) is 23.4 Å². The van der Waals surface area contributed by atoms with Gasteiger partial charge in [0, 0.05) is 24.0 Å². The van der Waals surface area contributed by atoms with Crippen LogP contribution in [-0.2, 0) is 0 Å². The van der Waals surface area contributed by atoms with Crippen LogP contribution in [-0.4, -0.2) is 44.3 Å². The SMILES string of the molecule is CNC(C)CC=Cc1cncnc1.O=C(O)c1cc(O)ccc1O. The number of aromatic nitrogens is 2. The van der Waals surface area contributed by atoms with E-state index in [9.17, 15) is 4.79 Å². The number of aromatic hydroxyl groups is 2. The maximum atomic E-state index is 10.3. The van der Waals surface area contributed by atoms with Crippen LogP contribution in [0.5, 0.6) is 11.5 Å². The first-order chi connectivity index (χ1) is 11.4. The summed E-state index contributed by atoms with van der Waals surface area (Å²) in [5, 5.41) is 29.3. The molecule has 0 aliphatic heterocycles. The van der Waals surface area contributed by atoms with E-state index in [0.717, 1.165) is 24.1 Å². The molecule has 1 unspecified atom stereocenters. The van der Waals surface area contributed by atoms with Gasteiger partial charge in [-0.25, -0.2) is 14.8 Å². The van der Waals surface area contributed by atoms with E-state index in [1.807, 2.05) is 13.1 Å². The molecule has 0 amide bonds. The van der Waals surface area contributed by atoms with Gasteiger partial charge in [-0.15, -0.1) is 0 Å². The van der Waals surface area contributed by atoms with E-state index < -0.39 is 5.97 Å². The first-order valence-electron chi connectivity index (χ1n) is 7.28. The van der Waals surface area contributed by atoms with Crippen LogP contribution in [0.25, 0.3) is 6.08 Å². The highest BCUT2D eigenvalue weighted by molar-refractivity contribution is 5.91. The van der Waals surface area contributed by atoms with E-state index >= 15 is 0 Å². The Hall–Kier alpha value is -2.93. The number of phenols is 2. The second-order valence-electron chi connectivity index (χ2n) is 5.01. The number of rotatable bonds is 5. The molecule has 7 heteroatoms. The van der Waals surface area contributed by atoms with Crippen molar-refractivity contribution in [3.63, 3.8) is 0 Å². The second kappa shape index (κ2) is 9.96. The number of carbonyl (C=O) groups is 1. The fourth-order valence-corrected chi connectivity index (χ4v) is 1.62. The van der Waals surface area contributed by atoms with Gasteiger partial charge in [-0.05, 0) is 38.6 Å². The van der Waals surface area contributed by atoms with Crippen LogP contribution in [0.15, 0.2) is 43.0 Å². The van der Waals surface area contributed by atoms with Crippen LogP contribution in [0.3, 0.4) is 0 Å². The maximum absolute atomic E-state index is 10.3. The zero-order chi connectivity index (χ0) is 17.9. The molecule has 2 rings (SSSR count). The van der Waals surface area contributed by atoms with E-state index in [2.05, 4.69) is 28.3 Å². The number of carboxylic acids is 1. The summed E-state index contributed by atoms with van der Waals surface area (Å²) in [5.41, 5.74) is 0.746. The second-order valence-corrected chi connectivity index (χ2v) is 5.01. The largest absolute Gasteiger partial charge is 0.508 e. The molecule has 0 spiro atoms. The van der Waals surface area contributed by atoms with Crippen molar-refractivity contribution in [2.24, 2.45) is 0 Å². The van der Waals surface area contributed by atoms with Crippen LogP contribution in [0, 0.1) is 0 Å². The van der Waals surface area contributed by atoms with Crippen molar-refractivity contribution in [2.75, 3.05) is 7.05 Å². The normalized spacial score (nSPS) is 11.6. The lowest BCUT2D eigenvalue weighted by Gasteiger charge is -2.04. The summed E-state index contributed by atoms with van der Waals surface area (Å²) in [4.78, 5) is 18.2. The fourth-order valence-electron chi connectivity index (χ4n) is 1.62. The van der Waals surface area contributed by atoms with E-state index in [0.29, 0.717) is 6.04 Å². The fraction of sp³-hybridized carbons (Fsp3) is 0.235. The molecule has 0 saturated carbocycles. The number of phenolic OH excluding ortho intramolecular Hbond substituents is 1. The molecule has 7 nitrogen and oxygen atoms in total. The molecule has 1 heterocycles. The van der Waals surface area contributed by atoms with Crippen molar-refractivity contribution in [3.8, 4) is 11.5 Å². The Morgan fingerprint density at radius 1 is 1.29 bits per heavy atom. The number of hydrogen-bond donors (Lipinski definition) is 4. The zero-order valence-electron chi connectivity index (χ0n) is 13.5. The van der Waals surface area contributed by atoms with Crippen LogP contribution < -0.4 is 5.32 Å². The number of nitrogens with one attached hydrogen (secondary N) is 1. The molecule has 0 aliphatic carbocycles. The Kier molecular flexibility index (Phi) is 7.93. The van der Waals surface area contributed by atoms with Crippen molar-refractivity contribution >= 4 is 12.0 Å². The highest BCUT2D eigenvalue weighted by Gasteiger charge is 2.08. The molecule has 0 aliphatic rings. The lowest BCUT2D eigenvalue weighted by atomic mass is 10.2. The molecule has 0 fully saturated rings. The first-order valence-corrected chi connectivity index (χ1v) is 7.28. The van der Waals surface area contributed by atoms with Gasteiger partial charge in [0.25, 0.3) is 0 Å². The molecule has 4 N–H and O–H groups in total. The van der Waals surface area contributed by atoms with Gasteiger partial charge < -0.3 is 20.6 Å². The summed E-state index contributed by atoms with van der Waals surface area (Å²) in [6.07, 6.45) is 10.3. The maximum Gasteiger partial charge on any atom is 0.339 e. The Morgan fingerprint density at radius 2 is 1.96 bits per heavy atom. The van der Waals surface area contributed by atoms with Crippen LogP contribution in [0.2, 0.25) is 0 Å². The minimum absolute atomic E-state index is 0.180. The molecule has 24 heavy (non-hydrogen) atoms. The highest BCUT2D eigenvalue weighted by Crippen LogP contribution is 2.21. The van der Waals surface area contributed by atoms with Crippen molar-refractivity contribution in [1.82, 2.24) is 15.3 Å².